The zero-order valence-corrected chi connectivity index (χ0v) is 13.3. The summed E-state index contributed by atoms with van der Waals surface area (Å²) >= 11 is 0. The Bertz CT molecular complexity index is 944. The first-order valence-electron chi connectivity index (χ1n) is 7.33. The van der Waals surface area contributed by atoms with E-state index in [2.05, 4.69) is 21.6 Å². The number of benzene rings is 2. The summed E-state index contributed by atoms with van der Waals surface area (Å²) in [5.41, 5.74) is 8.15. The van der Waals surface area contributed by atoms with Crippen LogP contribution in [-0.4, -0.2) is 15.3 Å². The molecule has 0 saturated heterocycles. The second kappa shape index (κ2) is 5.93. The number of anilines is 1. The minimum absolute atomic E-state index is 0.254. The minimum Gasteiger partial charge on any atom is -0.325 e. The first-order valence-corrected chi connectivity index (χ1v) is 7.33. The molecule has 0 saturated carbocycles. The lowest BCUT2D eigenvalue weighted by atomic mass is 10.1. The van der Waals surface area contributed by atoms with Crippen molar-refractivity contribution in [1.29, 1.82) is 5.26 Å². The van der Waals surface area contributed by atoms with Gasteiger partial charge in [-0.1, -0.05) is 24.3 Å². The predicted octanol–water partition coefficient (Wildman–Crippen LogP) is 3.53. The highest BCUT2D eigenvalue weighted by Gasteiger charge is 2.13. The van der Waals surface area contributed by atoms with Gasteiger partial charge in [0.15, 0.2) is 5.82 Å². The highest BCUT2D eigenvalue weighted by Crippen LogP contribution is 2.18. The van der Waals surface area contributed by atoms with E-state index in [0.717, 1.165) is 27.8 Å². The second-order valence-corrected chi connectivity index (χ2v) is 5.49. The average Bonchev–Trinajstić information content (AvgIpc) is 2.89. The number of para-hydroxylation sites is 2. The molecule has 0 atom stereocenters. The van der Waals surface area contributed by atoms with Crippen molar-refractivity contribution in [1.82, 2.24) is 9.55 Å². The van der Waals surface area contributed by atoms with Crippen molar-refractivity contribution in [3.8, 4) is 6.07 Å². The Morgan fingerprint density at radius 2 is 2.00 bits per heavy atom. The minimum atomic E-state index is 0.254. The molecule has 1 N–H and O–H groups in total. The van der Waals surface area contributed by atoms with Crippen LogP contribution in [0.4, 0.5) is 5.69 Å². The van der Waals surface area contributed by atoms with E-state index in [1.165, 1.54) is 0 Å². The van der Waals surface area contributed by atoms with Crippen molar-refractivity contribution < 1.29 is 0 Å². The molecular weight excluding hydrogens is 286 g/mol. The van der Waals surface area contributed by atoms with Crippen LogP contribution in [0.1, 0.15) is 17.0 Å². The highest BCUT2D eigenvalue weighted by atomic mass is 15.3. The lowest BCUT2D eigenvalue weighted by Crippen LogP contribution is -2.09. The summed E-state index contributed by atoms with van der Waals surface area (Å²) in [5, 5.41) is 13.7. The van der Waals surface area contributed by atoms with Crippen molar-refractivity contribution >= 4 is 22.4 Å². The average molecular weight is 303 g/mol. The van der Waals surface area contributed by atoms with Crippen molar-refractivity contribution in [3.63, 3.8) is 0 Å². The van der Waals surface area contributed by atoms with Crippen LogP contribution in [0.15, 0.2) is 47.6 Å². The van der Waals surface area contributed by atoms with Crippen LogP contribution in [-0.2, 0) is 7.05 Å². The zero-order chi connectivity index (χ0) is 16.4. The van der Waals surface area contributed by atoms with Gasteiger partial charge in [0, 0.05) is 7.05 Å². The van der Waals surface area contributed by atoms with Crippen LogP contribution in [0, 0.1) is 25.2 Å². The quantitative estimate of drug-likeness (QED) is 0.594. The first-order chi connectivity index (χ1) is 11.1. The van der Waals surface area contributed by atoms with Gasteiger partial charge in [-0.2, -0.15) is 10.4 Å². The van der Waals surface area contributed by atoms with Crippen LogP contribution in [0.25, 0.3) is 11.0 Å². The van der Waals surface area contributed by atoms with Crippen molar-refractivity contribution in [2.45, 2.75) is 13.8 Å². The summed E-state index contributed by atoms with van der Waals surface area (Å²) in [7, 11) is 1.88. The number of hydrogen-bond acceptors (Lipinski definition) is 4. The molecule has 0 amide bonds. The highest BCUT2D eigenvalue weighted by molar-refractivity contribution is 6.11. The third-order valence-corrected chi connectivity index (χ3v) is 3.79. The zero-order valence-electron chi connectivity index (χ0n) is 13.3. The number of aryl methyl sites for hydroxylation is 3. The van der Waals surface area contributed by atoms with Gasteiger partial charge in [0.25, 0.3) is 0 Å². The SMILES string of the molecule is Cc1ccc(C)c(N/N=C(/C#N)c2nc3ccccc3n2C)c1. The molecule has 0 radical (unpaired) electrons. The van der Waals surface area contributed by atoms with Crippen LogP contribution in [0.2, 0.25) is 0 Å². The second-order valence-electron chi connectivity index (χ2n) is 5.49. The van der Waals surface area contributed by atoms with Gasteiger partial charge in [0.1, 0.15) is 6.07 Å². The number of imidazole rings is 1. The molecular formula is C18H17N5. The third-order valence-electron chi connectivity index (χ3n) is 3.79. The monoisotopic (exact) mass is 303 g/mol. The van der Waals surface area contributed by atoms with Gasteiger partial charge in [-0.15, -0.1) is 0 Å². The van der Waals surface area contributed by atoms with E-state index in [1.54, 1.807) is 0 Å². The Morgan fingerprint density at radius 1 is 1.22 bits per heavy atom. The van der Waals surface area contributed by atoms with Gasteiger partial charge >= 0.3 is 0 Å². The van der Waals surface area contributed by atoms with Crippen LogP contribution < -0.4 is 5.43 Å². The fraction of sp³-hybridized carbons (Fsp3) is 0.167. The molecule has 3 aromatic rings. The van der Waals surface area contributed by atoms with Crippen LogP contribution in [0.5, 0.6) is 0 Å². The first kappa shape index (κ1) is 14.8. The molecule has 114 valence electrons. The summed E-state index contributed by atoms with van der Waals surface area (Å²) < 4.78 is 1.88. The maximum absolute atomic E-state index is 9.46. The molecule has 0 aliphatic heterocycles. The van der Waals surface area contributed by atoms with E-state index in [4.69, 9.17) is 0 Å². The Hall–Kier alpha value is -3.13. The van der Waals surface area contributed by atoms with Gasteiger partial charge in [-0.3, -0.25) is 5.43 Å². The number of nitriles is 1. The molecule has 0 fully saturated rings. The van der Waals surface area contributed by atoms with Gasteiger partial charge in [0.2, 0.25) is 5.71 Å². The molecule has 3 rings (SSSR count). The molecule has 5 heteroatoms. The maximum atomic E-state index is 9.46. The lowest BCUT2D eigenvalue weighted by Gasteiger charge is -2.06. The standard InChI is InChI=1S/C18H17N5/c1-12-8-9-13(2)15(10-12)21-22-16(11-19)18-20-14-6-4-5-7-17(14)23(18)3/h4-10,21H,1-3H3/b22-16-. The van der Waals surface area contributed by atoms with E-state index in [1.807, 2.05) is 67.9 Å². The molecule has 0 aliphatic carbocycles. The van der Waals surface area contributed by atoms with Gasteiger partial charge in [0.05, 0.1) is 16.7 Å². The van der Waals surface area contributed by atoms with Gasteiger partial charge in [-0.25, -0.2) is 4.98 Å². The predicted molar refractivity (Wildman–Crippen MR) is 92.4 cm³/mol. The normalized spacial score (nSPS) is 11.5. The van der Waals surface area contributed by atoms with Crippen LogP contribution in [0.3, 0.4) is 0 Å². The van der Waals surface area contributed by atoms with Crippen LogP contribution >= 0.6 is 0 Å². The molecule has 1 heterocycles. The van der Waals surface area contributed by atoms with E-state index in [0.29, 0.717) is 5.82 Å². The molecule has 0 spiro atoms. The van der Waals surface area contributed by atoms with E-state index < -0.39 is 0 Å². The maximum Gasteiger partial charge on any atom is 0.203 e. The molecule has 0 aliphatic rings. The number of hydrogen-bond donors (Lipinski definition) is 1. The molecule has 1 aromatic heterocycles. The van der Waals surface area contributed by atoms with E-state index >= 15 is 0 Å². The fourth-order valence-electron chi connectivity index (χ4n) is 2.45. The summed E-state index contributed by atoms with van der Waals surface area (Å²) in [5.74, 6) is 0.548. The smallest absolute Gasteiger partial charge is 0.203 e. The van der Waals surface area contributed by atoms with Crippen molar-refractivity contribution in [3.05, 3.63) is 59.4 Å². The number of rotatable bonds is 3. The summed E-state index contributed by atoms with van der Waals surface area (Å²) in [6.07, 6.45) is 0. The Balaban J connectivity index is 2.00. The largest absolute Gasteiger partial charge is 0.325 e. The molecule has 0 unspecified atom stereocenters. The molecule has 5 nitrogen and oxygen atoms in total. The topological polar surface area (TPSA) is 66.0 Å². The Labute approximate surface area is 134 Å². The molecule has 2 aromatic carbocycles. The molecule has 0 bridgehead atoms. The van der Waals surface area contributed by atoms with Gasteiger partial charge in [-0.05, 0) is 43.2 Å². The van der Waals surface area contributed by atoms with Crippen molar-refractivity contribution in [2.24, 2.45) is 12.1 Å². The lowest BCUT2D eigenvalue weighted by molar-refractivity contribution is 0.929. The fourth-order valence-corrected chi connectivity index (χ4v) is 2.45. The number of aromatic nitrogens is 2. The number of hydrazone groups is 1. The summed E-state index contributed by atoms with van der Waals surface area (Å²) in [6.45, 7) is 4.02. The number of nitrogens with zero attached hydrogens (tertiary/aromatic N) is 4. The molecule has 23 heavy (non-hydrogen) atoms. The van der Waals surface area contributed by atoms with Crippen molar-refractivity contribution in [2.75, 3.05) is 5.43 Å². The Morgan fingerprint density at radius 3 is 2.74 bits per heavy atom. The van der Waals surface area contributed by atoms with E-state index in [-0.39, 0.29) is 5.71 Å². The number of nitrogens with one attached hydrogen (secondary N) is 1. The summed E-state index contributed by atoms with van der Waals surface area (Å²) in [4.78, 5) is 4.51. The van der Waals surface area contributed by atoms with Gasteiger partial charge < -0.3 is 4.57 Å². The van der Waals surface area contributed by atoms with E-state index in [9.17, 15) is 5.26 Å². The Kier molecular flexibility index (Phi) is 3.82. The summed E-state index contributed by atoms with van der Waals surface area (Å²) in [6, 6.07) is 16.0. The third kappa shape index (κ3) is 2.79. The number of fused-ring (bicyclic) bond motifs is 1.